The summed E-state index contributed by atoms with van der Waals surface area (Å²) < 4.78 is 34.3. The van der Waals surface area contributed by atoms with Gasteiger partial charge in [0, 0.05) is 36.9 Å². The zero-order valence-corrected chi connectivity index (χ0v) is 12.6. The fourth-order valence-corrected chi connectivity index (χ4v) is 2.56. The lowest BCUT2D eigenvalue weighted by molar-refractivity contribution is -0.0511. The van der Waals surface area contributed by atoms with Gasteiger partial charge in [-0.3, -0.25) is 4.90 Å². The molecule has 4 nitrogen and oxygen atoms in total. The van der Waals surface area contributed by atoms with Gasteiger partial charge in [0.1, 0.15) is 0 Å². The lowest BCUT2D eigenvalue weighted by Gasteiger charge is -2.21. The van der Waals surface area contributed by atoms with Crippen LogP contribution < -0.4 is 14.8 Å². The first-order valence-electron chi connectivity index (χ1n) is 7.13. The van der Waals surface area contributed by atoms with Crippen LogP contribution in [0.4, 0.5) is 14.5 Å². The third-order valence-electron chi connectivity index (χ3n) is 3.70. The Balaban J connectivity index is 2.04. The molecule has 0 spiro atoms. The van der Waals surface area contributed by atoms with Crippen molar-refractivity contribution in [2.45, 2.75) is 39.0 Å². The second kappa shape index (κ2) is 6.93. The first-order valence-corrected chi connectivity index (χ1v) is 7.13. The van der Waals surface area contributed by atoms with Gasteiger partial charge in [0.15, 0.2) is 11.5 Å². The molecule has 1 heterocycles. The molecule has 1 aromatic carbocycles. The Hall–Kier alpha value is -1.56. The SMILES string of the molecule is COc1ccc(NC2CCN(C(C)C)C2)cc1OC(F)F. The Morgan fingerprint density at radius 3 is 2.62 bits per heavy atom. The number of rotatable bonds is 6. The molecule has 21 heavy (non-hydrogen) atoms. The molecule has 1 unspecified atom stereocenters. The zero-order chi connectivity index (χ0) is 15.4. The number of methoxy groups -OCH3 is 1. The van der Waals surface area contributed by atoms with E-state index >= 15 is 0 Å². The molecular formula is C15H22F2N2O2. The van der Waals surface area contributed by atoms with Crippen molar-refractivity contribution in [3.63, 3.8) is 0 Å². The van der Waals surface area contributed by atoms with E-state index in [2.05, 4.69) is 28.8 Å². The highest BCUT2D eigenvalue weighted by atomic mass is 19.3. The molecule has 0 amide bonds. The lowest BCUT2D eigenvalue weighted by Crippen LogP contribution is -2.31. The van der Waals surface area contributed by atoms with Crippen molar-refractivity contribution < 1.29 is 18.3 Å². The number of likely N-dealkylation sites (tertiary alicyclic amines) is 1. The minimum Gasteiger partial charge on any atom is -0.493 e. The Morgan fingerprint density at radius 2 is 2.05 bits per heavy atom. The summed E-state index contributed by atoms with van der Waals surface area (Å²) in [4.78, 5) is 2.39. The summed E-state index contributed by atoms with van der Waals surface area (Å²) in [6.45, 7) is 3.48. The Labute approximate surface area is 124 Å². The van der Waals surface area contributed by atoms with Crippen LogP contribution in [0.25, 0.3) is 0 Å². The van der Waals surface area contributed by atoms with Crippen LogP contribution in [0.15, 0.2) is 18.2 Å². The maximum atomic E-state index is 12.4. The van der Waals surface area contributed by atoms with Gasteiger partial charge in [-0.1, -0.05) is 0 Å². The second-order valence-electron chi connectivity index (χ2n) is 5.46. The van der Waals surface area contributed by atoms with Gasteiger partial charge in [-0.05, 0) is 32.4 Å². The number of anilines is 1. The molecule has 0 aromatic heterocycles. The average molecular weight is 300 g/mol. The van der Waals surface area contributed by atoms with Crippen LogP contribution in [-0.2, 0) is 0 Å². The van der Waals surface area contributed by atoms with Crippen molar-refractivity contribution in [1.82, 2.24) is 4.90 Å². The minimum absolute atomic E-state index is 0.0520. The van der Waals surface area contributed by atoms with Gasteiger partial charge in [-0.2, -0.15) is 8.78 Å². The first kappa shape index (κ1) is 15.8. The Kier molecular flexibility index (Phi) is 5.22. The van der Waals surface area contributed by atoms with Crippen LogP contribution in [0.2, 0.25) is 0 Å². The van der Waals surface area contributed by atoms with Gasteiger partial charge >= 0.3 is 6.61 Å². The number of nitrogens with zero attached hydrogens (tertiary/aromatic N) is 1. The molecule has 1 aliphatic heterocycles. The summed E-state index contributed by atoms with van der Waals surface area (Å²) in [7, 11) is 1.43. The summed E-state index contributed by atoms with van der Waals surface area (Å²) in [5.41, 5.74) is 0.766. The minimum atomic E-state index is -2.86. The predicted molar refractivity (Wildman–Crippen MR) is 78.4 cm³/mol. The summed E-state index contributed by atoms with van der Waals surface area (Å²) in [6, 6.07) is 5.85. The van der Waals surface area contributed by atoms with Crippen molar-refractivity contribution in [2.24, 2.45) is 0 Å². The number of benzene rings is 1. The highest BCUT2D eigenvalue weighted by Gasteiger charge is 2.24. The molecule has 1 fully saturated rings. The van der Waals surface area contributed by atoms with Crippen LogP contribution in [0.1, 0.15) is 20.3 Å². The molecule has 1 N–H and O–H groups in total. The number of hydrogen-bond acceptors (Lipinski definition) is 4. The molecule has 6 heteroatoms. The van der Waals surface area contributed by atoms with E-state index in [4.69, 9.17) is 4.74 Å². The van der Waals surface area contributed by atoms with E-state index < -0.39 is 6.61 Å². The molecule has 0 aliphatic carbocycles. The lowest BCUT2D eigenvalue weighted by atomic mass is 10.2. The predicted octanol–water partition coefficient (Wildman–Crippen LogP) is 3.19. The summed E-state index contributed by atoms with van der Waals surface area (Å²) in [5, 5.41) is 3.37. The van der Waals surface area contributed by atoms with Gasteiger partial charge < -0.3 is 14.8 Å². The van der Waals surface area contributed by atoms with E-state index in [1.807, 2.05) is 6.07 Å². The zero-order valence-electron chi connectivity index (χ0n) is 12.6. The third kappa shape index (κ3) is 4.20. The molecule has 1 atom stereocenters. The van der Waals surface area contributed by atoms with Crippen molar-refractivity contribution in [1.29, 1.82) is 0 Å². The normalized spacial score (nSPS) is 19.3. The van der Waals surface area contributed by atoms with E-state index in [9.17, 15) is 8.78 Å². The average Bonchev–Trinajstić information content (AvgIpc) is 2.87. The molecule has 1 saturated heterocycles. The van der Waals surface area contributed by atoms with Crippen LogP contribution in [0, 0.1) is 0 Å². The first-order chi connectivity index (χ1) is 9.99. The quantitative estimate of drug-likeness (QED) is 0.875. The number of halogens is 2. The topological polar surface area (TPSA) is 33.7 Å². The Morgan fingerprint density at radius 1 is 1.29 bits per heavy atom. The van der Waals surface area contributed by atoms with Crippen LogP contribution in [0.5, 0.6) is 11.5 Å². The van der Waals surface area contributed by atoms with E-state index in [1.54, 1.807) is 12.1 Å². The number of ether oxygens (including phenoxy) is 2. The maximum absolute atomic E-state index is 12.4. The molecule has 0 radical (unpaired) electrons. The van der Waals surface area contributed by atoms with Crippen LogP contribution >= 0.6 is 0 Å². The Bertz CT molecular complexity index is 469. The van der Waals surface area contributed by atoms with Gasteiger partial charge in [0.05, 0.1) is 7.11 Å². The molecule has 1 aliphatic rings. The summed E-state index contributed by atoms with van der Waals surface area (Å²) in [6.07, 6.45) is 1.04. The van der Waals surface area contributed by atoms with Crippen LogP contribution in [-0.4, -0.2) is 43.8 Å². The number of alkyl halides is 2. The molecule has 1 aromatic rings. The molecule has 0 bridgehead atoms. The molecule has 0 saturated carbocycles. The second-order valence-corrected chi connectivity index (χ2v) is 5.46. The fraction of sp³-hybridized carbons (Fsp3) is 0.600. The van der Waals surface area contributed by atoms with E-state index in [0.29, 0.717) is 17.8 Å². The van der Waals surface area contributed by atoms with E-state index in [1.165, 1.54) is 7.11 Å². The maximum Gasteiger partial charge on any atom is 0.387 e. The molecule has 2 rings (SSSR count). The van der Waals surface area contributed by atoms with Crippen molar-refractivity contribution in [2.75, 3.05) is 25.5 Å². The van der Waals surface area contributed by atoms with Gasteiger partial charge in [-0.15, -0.1) is 0 Å². The van der Waals surface area contributed by atoms with Crippen molar-refractivity contribution >= 4 is 5.69 Å². The highest BCUT2D eigenvalue weighted by Crippen LogP contribution is 2.32. The smallest absolute Gasteiger partial charge is 0.387 e. The summed E-state index contributed by atoms with van der Waals surface area (Å²) in [5.74, 6) is 0.354. The van der Waals surface area contributed by atoms with Gasteiger partial charge in [0.2, 0.25) is 0 Å². The molecule has 118 valence electrons. The van der Waals surface area contributed by atoms with Crippen molar-refractivity contribution in [3.05, 3.63) is 18.2 Å². The summed E-state index contributed by atoms with van der Waals surface area (Å²) >= 11 is 0. The van der Waals surface area contributed by atoms with Gasteiger partial charge in [0.25, 0.3) is 0 Å². The standard InChI is InChI=1S/C15H22F2N2O2/c1-10(2)19-7-6-12(9-19)18-11-4-5-13(20-3)14(8-11)21-15(16)17/h4-5,8,10,12,15,18H,6-7,9H2,1-3H3. The monoisotopic (exact) mass is 300 g/mol. The van der Waals surface area contributed by atoms with Crippen LogP contribution in [0.3, 0.4) is 0 Å². The largest absolute Gasteiger partial charge is 0.493 e. The highest BCUT2D eigenvalue weighted by molar-refractivity contribution is 5.55. The number of nitrogens with one attached hydrogen (secondary N) is 1. The van der Waals surface area contributed by atoms with E-state index in [-0.39, 0.29) is 5.75 Å². The van der Waals surface area contributed by atoms with E-state index in [0.717, 1.165) is 25.2 Å². The molecular weight excluding hydrogens is 278 g/mol. The fourth-order valence-electron chi connectivity index (χ4n) is 2.56. The van der Waals surface area contributed by atoms with Gasteiger partial charge in [-0.25, -0.2) is 0 Å². The number of hydrogen-bond donors (Lipinski definition) is 1. The third-order valence-corrected chi connectivity index (χ3v) is 3.70. The van der Waals surface area contributed by atoms with Crippen molar-refractivity contribution in [3.8, 4) is 11.5 Å².